The van der Waals surface area contributed by atoms with Crippen molar-refractivity contribution in [3.63, 3.8) is 0 Å². The van der Waals surface area contributed by atoms with Crippen molar-refractivity contribution in [3.05, 3.63) is 28.3 Å². The van der Waals surface area contributed by atoms with Crippen LogP contribution in [0.5, 0.6) is 0 Å². The number of nitro benzene ring substituents is 1. The third-order valence-electron chi connectivity index (χ3n) is 3.36. The van der Waals surface area contributed by atoms with Crippen LogP contribution in [-0.4, -0.2) is 40.9 Å². The van der Waals surface area contributed by atoms with Crippen LogP contribution in [-0.2, 0) is 9.84 Å². The van der Waals surface area contributed by atoms with Crippen LogP contribution >= 0.6 is 0 Å². The molecule has 1 aromatic heterocycles. The maximum atomic E-state index is 11.6. The molecule has 0 spiro atoms. The van der Waals surface area contributed by atoms with Crippen LogP contribution in [0.15, 0.2) is 18.2 Å². The summed E-state index contributed by atoms with van der Waals surface area (Å²) in [7, 11) is -3.21. The fourth-order valence-corrected chi connectivity index (χ4v) is 1.96. The minimum atomic E-state index is -3.21. The summed E-state index contributed by atoms with van der Waals surface area (Å²) < 4.78 is 22.3. The number of nitrogens with one attached hydrogen (secondary N) is 2. The Morgan fingerprint density at radius 2 is 2.10 bits per heavy atom. The van der Waals surface area contributed by atoms with Gasteiger partial charge in [0.15, 0.2) is 9.84 Å². The van der Waals surface area contributed by atoms with E-state index in [4.69, 9.17) is 0 Å². The Labute approximate surface area is 121 Å². The van der Waals surface area contributed by atoms with Gasteiger partial charge in [0.05, 0.1) is 20.7 Å². The van der Waals surface area contributed by atoms with E-state index < -0.39 is 19.5 Å². The van der Waals surface area contributed by atoms with Gasteiger partial charge in [-0.2, -0.15) is 0 Å². The van der Waals surface area contributed by atoms with Gasteiger partial charge in [0.1, 0.15) is 0 Å². The maximum absolute atomic E-state index is 11.6. The Balaban J connectivity index is 2.23. The second-order valence-electron chi connectivity index (χ2n) is 5.43. The summed E-state index contributed by atoms with van der Waals surface area (Å²) in [6, 6.07) is 4.29. The number of nitrogens with zero attached hydrogens (tertiary/aromatic N) is 2. The lowest BCUT2D eigenvalue weighted by atomic mass is 10.2. The highest BCUT2D eigenvalue weighted by Gasteiger charge is 2.30. The van der Waals surface area contributed by atoms with Crippen molar-refractivity contribution in [3.8, 4) is 0 Å². The summed E-state index contributed by atoms with van der Waals surface area (Å²) >= 11 is 0. The quantitative estimate of drug-likeness (QED) is 0.641. The normalized spacial score (nSPS) is 12.5. The lowest BCUT2D eigenvalue weighted by Gasteiger charge is -2.22. The minimum Gasteiger partial charge on any atom is -0.354 e. The fraction of sp³-hybridized carbons (Fsp3) is 0.417. The summed E-state index contributed by atoms with van der Waals surface area (Å²) in [5.41, 5.74) is 1.05. The first-order valence-corrected chi connectivity index (χ1v) is 8.07. The van der Waals surface area contributed by atoms with Crippen molar-refractivity contribution in [1.82, 2.24) is 9.97 Å². The van der Waals surface area contributed by atoms with Crippen LogP contribution in [0.1, 0.15) is 13.8 Å². The Morgan fingerprint density at radius 1 is 1.43 bits per heavy atom. The molecule has 21 heavy (non-hydrogen) atoms. The number of benzene rings is 1. The van der Waals surface area contributed by atoms with E-state index in [1.165, 1.54) is 24.5 Å². The van der Waals surface area contributed by atoms with Crippen molar-refractivity contribution >= 4 is 32.5 Å². The summed E-state index contributed by atoms with van der Waals surface area (Å²) in [5.74, 6) is 0.377. The van der Waals surface area contributed by atoms with Crippen LogP contribution in [0.25, 0.3) is 11.0 Å². The Kier molecular flexibility index (Phi) is 3.62. The molecule has 0 unspecified atom stereocenters. The predicted octanol–water partition coefficient (Wildman–Crippen LogP) is 1.71. The first kappa shape index (κ1) is 15.2. The summed E-state index contributed by atoms with van der Waals surface area (Å²) in [6.45, 7) is 3.40. The zero-order valence-electron chi connectivity index (χ0n) is 11.9. The molecule has 0 saturated heterocycles. The zero-order valence-corrected chi connectivity index (χ0v) is 12.7. The van der Waals surface area contributed by atoms with Crippen molar-refractivity contribution in [2.45, 2.75) is 18.6 Å². The third-order valence-corrected chi connectivity index (χ3v) is 5.51. The van der Waals surface area contributed by atoms with Gasteiger partial charge in [-0.25, -0.2) is 13.4 Å². The molecule has 2 aromatic rings. The van der Waals surface area contributed by atoms with Gasteiger partial charge in [0.2, 0.25) is 5.95 Å². The first-order valence-electron chi connectivity index (χ1n) is 6.18. The van der Waals surface area contributed by atoms with E-state index in [1.807, 2.05) is 0 Å². The molecule has 0 bridgehead atoms. The number of imidazole rings is 1. The summed E-state index contributed by atoms with van der Waals surface area (Å²) in [6.07, 6.45) is 1.18. The molecule has 2 rings (SSSR count). The molecule has 0 atom stereocenters. The molecule has 0 radical (unpaired) electrons. The second-order valence-corrected chi connectivity index (χ2v) is 8.08. The highest BCUT2D eigenvalue weighted by molar-refractivity contribution is 7.92. The van der Waals surface area contributed by atoms with Gasteiger partial charge >= 0.3 is 0 Å². The monoisotopic (exact) mass is 312 g/mol. The molecule has 0 aliphatic heterocycles. The van der Waals surface area contributed by atoms with Gasteiger partial charge in [-0.15, -0.1) is 0 Å². The van der Waals surface area contributed by atoms with Crippen LogP contribution in [0.4, 0.5) is 11.6 Å². The molecule has 0 aliphatic rings. The summed E-state index contributed by atoms with van der Waals surface area (Å²) in [5, 5.41) is 13.6. The second kappa shape index (κ2) is 4.99. The number of anilines is 1. The molecular weight excluding hydrogens is 296 g/mol. The van der Waals surface area contributed by atoms with Crippen LogP contribution in [0.2, 0.25) is 0 Å². The molecule has 1 heterocycles. The Morgan fingerprint density at radius 3 is 2.67 bits per heavy atom. The summed E-state index contributed by atoms with van der Waals surface area (Å²) in [4.78, 5) is 17.3. The third kappa shape index (κ3) is 3.13. The number of aromatic nitrogens is 2. The van der Waals surface area contributed by atoms with E-state index in [-0.39, 0.29) is 12.2 Å². The molecule has 0 fully saturated rings. The lowest BCUT2D eigenvalue weighted by molar-refractivity contribution is -0.384. The van der Waals surface area contributed by atoms with Crippen LogP contribution < -0.4 is 5.32 Å². The smallest absolute Gasteiger partial charge is 0.271 e. The van der Waals surface area contributed by atoms with Gasteiger partial charge in [-0.3, -0.25) is 10.1 Å². The predicted molar refractivity (Wildman–Crippen MR) is 80.2 cm³/mol. The number of non-ortho nitro benzene ring substituents is 1. The number of hydrogen-bond donors (Lipinski definition) is 2. The fourth-order valence-electron chi connectivity index (χ4n) is 1.62. The number of aromatic amines is 1. The molecule has 0 amide bonds. The largest absolute Gasteiger partial charge is 0.354 e. The number of H-pyrrole nitrogens is 1. The number of hydrogen-bond acceptors (Lipinski definition) is 6. The molecular formula is C12H16N4O4S. The van der Waals surface area contributed by atoms with E-state index in [2.05, 4.69) is 15.3 Å². The van der Waals surface area contributed by atoms with Crippen LogP contribution in [0.3, 0.4) is 0 Å². The molecule has 9 heteroatoms. The van der Waals surface area contributed by atoms with Gasteiger partial charge in [0, 0.05) is 24.9 Å². The van der Waals surface area contributed by atoms with E-state index >= 15 is 0 Å². The Bertz CT molecular complexity index is 795. The van der Waals surface area contributed by atoms with Gasteiger partial charge in [-0.05, 0) is 19.9 Å². The number of sulfone groups is 1. The maximum Gasteiger partial charge on any atom is 0.271 e. The first-order chi connectivity index (χ1) is 9.60. The van der Waals surface area contributed by atoms with Crippen molar-refractivity contribution in [2.24, 2.45) is 0 Å². The molecule has 1 aromatic carbocycles. The average molecular weight is 312 g/mol. The number of fused-ring (bicyclic) bond motifs is 1. The van der Waals surface area contributed by atoms with Crippen LogP contribution in [0, 0.1) is 10.1 Å². The van der Waals surface area contributed by atoms with Gasteiger partial charge < -0.3 is 10.3 Å². The molecule has 8 nitrogen and oxygen atoms in total. The zero-order chi connectivity index (χ0) is 15.8. The highest BCUT2D eigenvalue weighted by Crippen LogP contribution is 2.21. The number of nitro groups is 1. The van der Waals surface area contributed by atoms with Gasteiger partial charge in [-0.1, -0.05) is 0 Å². The van der Waals surface area contributed by atoms with Crippen molar-refractivity contribution in [2.75, 3.05) is 18.1 Å². The topological polar surface area (TPSA) is 118 Å². The molecule has 2 N–H and O–H groups in total. The van der Waals surface area contributed by atoms with E-state index in [1.54, 1.807) is 13.8 Å². The van der Waals surface area contributed by atoms with Gasteiger partial charge in [0.25, 0.3) is 5.69 Å². The van der Waals surface area contributed by atoms with Crippen molar-refractivity contribution in [1.29, 1.82) is 0 Å². The molecule has 0 saturated carbocycles. The van der Waals surface area contributed by atoms with E-state index in [0.29, 0.717) is 17.0 Å². The van der Waals surface area contributed by atoms with Crippen molar-refractivity contribution < 1.29 is 13.3 Å². The standard InChI is InChI=1S/C12H16N4O4S/c1-12(2,21(3,19)20)7-13-11-14-9-5-4-8(16(17)18)6-10(9)15-11/h4-6H,7H2,1-3H3,(H2,13,14,15). The molecule has 114 valence electrons. The average Bonchev–Trinajstić information content (AvgIpc) is 2.76. The van der Waals surface area contributed by atoms with E-state index in [0.717, 1.165) is 0 Å². The van der Waals surface area contributed by atoms with E-state index in [9.17, 15) is 18.5 Å². The highest BCUT2D eigenvalue weighted by atomic mass is 32.2. The molecule has 0 aliphatic carbocycles. The lowest BCUT2D eigenvalue weighted by Crippen LogP contribution is -2.38. The minimum absolute atomic E-state index is 0.0332. The Hall–Kier alpha value is -2.16. The number of rotatable bonds is 5. The SMILES string of the molecule is CC(C)(CNc1nc2ccc([N+](=O)[O-])cc2[nH]1)S(C)(=O)=O.